The molecule has 98 valence electrons. The van der Waals surface area contributed by atoms with Crippen molar-refractivity contribution in [3.8, 4) is 0 Å². The molecule has 0 aliphatic rings. The summed E-state index contributed by atoms with van der Waals surface area (Å²) in [6.07, 6.45) is -1.05. The third-order valence-corrected chi connectivity index (χ3v) is 2.18. The van der Waals surface area contributed by atoms with Gasteiger partial charge in [-0.15, -0.1) is 0 Å². The number of aliphatic hydroxyl groups is 2. The molecule has 18 heavy (non-hydrogen) atoms. The largest absolute Gasteiger partial charge is 0.478 e. The van der Waals surface area contributed by atoms with Gasteiger partial charge in [0.1, 0.15) is 5.69 Å². The van der Waals surface area contributed by atoms with Gasteiger partial charge < -0.3 is 20.6 Å². The Labute approximate surface area is 102 Å². The molecule has 0 spiro atoms. The third kappa shape index (κ3) is 3.40. The molecule has 1 aromatic carbocycles. The molecule has 0 radical (unpaired) electrons. The molecule has 1 unspecified atom stereocenters. The number of nitrogens with one attached hydrogen (secondary N) is 1. The lowest BCUT2D eigenvalue weighted by Crippen LogP contribution is -2.23. The number of carboxylic acid groups (broad SMARTS) is 1. The first-order chi connectivity index (χ1) is 8.45. The van der Waals surface area contributed by atoms with Crippen molar-refractivity contribution in [2.75, 3.05) is 18.5 Å². The molecule has 0 amide bonds. The van der Waals surface area contributed by atoms with Crippen LogP contribution in [-0.4, -0.2) is 45.5 Å². The molecule has 4 N–H and O–H groups in total. The van der Waals surface area contributed by atoms with Gasteiger partial charge in [-0.2, -0.15) is 0 Å². The van der Waals surface area contributed by atoms with Crippen LogP contribution in [0.2, 0.25) is 0 Å². The molecule has 0 aliphatic carbocycles. The SMILES string of the molecule is O=C(O)c1ccc(NCC(O)CO)c([N+](=O)[O-])c1. The number of benzene rings is 1. The fourth-order valence-corrected chi connectivity index (χ4v) is 1.26. The molecule has 1 rings (SSSR count). The van der Waals surface area contributed by atoms with Crippen LogP contribution in [0.1, 0.15) is 10.4 Å². The number of aromatic carboxylic acids is 1. The first-order valence-electron chi connectivity index (χ1n) is 5.00. The Balaban J connectivity index is 2.97. The van der Waals surface area contributed by atoms with Gasteiger partial charge in [0.05, 0.1) is 23.2 Å². The summed E-state index contributed by atoms with van der Waals surface area (Å²) in [7, 11) is 0. The van der Waals surface area contributed by atoms with Crippen molar-refractivity contribution < 1.29 is 25.0 Å². The minimum Gasteiger partial charge on any atom is -0.478 e. The molecular formula is C10H12N2O6. The molecule has 0 bridgehead atoms. The van der Waals surface area contributed by atoms with E-state index in [0.29, 0.717) is 0 Å². The summed E-state index contributed by atoms with van der Waals surface area (Å²) in [6, 6.07) is 3.38. The van der Waals surface area contributed by atoms with Crippen LogP contribution >= 0.6 is 0 Å². The minimum atomic E-state index is -1.26. The second-order valence-electron chi connectivity index (χ2n) is 3.51. The van der Waals surface area contributed by atoms with Gasteiger partial charge in [-0.1, -0.05) is 0 Å². The summed E-state index contributed by atoms with van der Waals surface area (Å²) >= 11 is 0. The van der Waals surface area contributed by atoms with Gasteiger partial charge in [0.15, 0.2) is 0 Å². The highest BCUT2D eigenvalue weighted by molar-refractivity contribution is 5.89. The predicted octanol–water partition coefficient (Wildman–Crippen LogP) is 0.0581. The molecule has 0 aromatic heterocycles. The van der Waals surface area contributed by atoms with E-state index < -0.39 is 29.3 Å². The zero-order valence-electron chi connectivity index (χ0n) is 9.24. The Morgan fingerprint density at radius 2 is 2.17 bits per heavy atom. The summed E-state index contributed by atoms with van der Waals surface area (Å²) in [5.41, 5.74) is -0.521. The number of rotatable bonds is 6. The van der Waals surface area contributed by atoms with Gasteiger partial charge >= 0.3 is 5.97 Å². The number of nitrogens with zero attached hydrogens (tertiary/aromatic N) is 1. The molecule has 1 aromatic rings. The topological polar surface area (TPSA) is 133 Å². The monoisotopic (exact) mass is 256 g/mol. The van der Waals surface area contributed by atoms with Crippen molar-refractivity contribution in [1.82, 2.24) is 0 Å². The minimum absolute atomic E-state index is 0.0796. The van der Waals surface area contributed by atoms with E-state index in [-0.39, 0.29) is 17.8 Å². The van der Waals surface area contributed by atoms with E-state index in [0.717, 1.165) is 6.07 Å². The van der Waals surface area contributed by atoms with Crippen LogP contribution in [-0.2, 0) is 0 Å². The molecular weight excluding hydrogens is 244 g/mol. The first kappa shape index (κ1) is 13.9. The van der Waals surface area contributed by atoms with Crippen LogP contribution in [0, 0.1) is 10.1 Å². The lowest BCUT2D eigenvalue weighted by atomic mass is 10.1. The third-order valence-electron chi connectivity index (χ3n) is 2.18. The number of nitro groups is 1. The van der Waals surface area contributed by atoms with E-state index in [1.807, 2.05) is 0 Å². The Morgan fingerprint density at radius 3 is 2.67 bits per heavy atom. The van der Waals surface area contributed by atoms with Gasteiger partial charge in [0.25, 0.3) is 5.69 Å². The van der Waals surface area contributed by atoms with E-state index in [2.05, 4.69) is 5.32 Å². The smallest absolute Gasteiger partial charge is 0.335 e. The number of nitro benzene ring substituents is 1. The Kier molecular flexibility index (Phi) is 4.58. The van der Waals surface area contributed by atoms with E-state index in [9.17, 15) is 14.9 Å². The number of hydrogen-bond acceptors (Lipinski definition) is 6. The molecule has 1 atom stereocenters. The van der Waals surface area contributed by atoms with Crippen LogP contribution in [0.5, 0.6) is 0 Å². The second-order valence-corrected chi connectivity index (χ2v) is 3.51. The fraction of sp³-hybridized carbons (Fsp3) is 0.300. The maximum atomic E-state index is 10.8. The van der Waals surface area contributed by atoms with Crippen molar-refractivity contribution in [2.24, 2.45) is 0 Å². The molecule has 0 heterocycles. The van der Waals surface area contributed by atoms with Crippen molar-refractivity contribution in [1.29, 1.82) is 0 Å². The van der Waals surface area contributed by atoms with Gasteiger partial charge in [0.2, 0.25) is 0 Å². The van der Waals surface area contributed by atoms with Gasteiger partial charge in [-0.05, 0) is 12.1 Å². The Bertz CT molecular complexity index is 462. The van der Waals surface area contributed by atoms with E-state index in [4.69, 9.17) is 15.3 Å². The van der Waals surface area contributed by atoms with Crippen LogP contribution in [0.4, 0.5) is 11.4 Å². The van der Waals surface area contributed by atoms with E-state index in [1.165, 1.54) is 12.1 Å². The number of carboxylic acids is 1. The second kappa shape index (κ2) is 5.94. The van der Waals surface area contributed by atoms with E-state index in [1.54, 1.807) is 0 Å². The van der Waals surface area contributed by atoms with Crippen molar-refractivity contribution in [3.63, 3.8) is 0 Å². The lowest BCUT2D eigenvalue weighted by Gasteiger charge is -2.10. The fourth-order valence-electron chi connectivity index (χ4n) is 1.26. The summed E-state index contributed by atoms with van der Waals surface area (Å²) in [6.45, 7) is -0.558. The molecule has 0 fully saturated rings. The molecule has 8 heteroatoms. The molecule has 8 nitrogen and oxygen atoms in total. The zero-order chi connectivity index (χ0) is 13.7. The molecule has 0 saturated carbocycles. The summed E-state index contributed by atoms with van der Waals surface area (Å²) in [5, 5.41) is 39.8. The van der Waals surface area contributed by atoms with Crippen molar-refractivity contribution in [3.05, 3.63) is 33.9 Å². The van der Waals surface area contributed by atoms with Crippen LogP contribution in [0.15, 0.2) is 18.2 Å². The summed E-state index contributed by atoms with van der Waals surface area (Å²) < 4.78 is 0. The standard InChI is InChI=1S/C10H12N2O6/c13-5-7(14)4-11-8-2-1-6(10(15)16)3-9(8)12(17)18/h1-3,7,11,13-14H,4-5H2,(H,15,16). The Hall–Kier alpha value is -2.19. The average Bonchev–Trinajstić information content (AvgIpc) is 2.35. The normalized spacial score (nSPS) is 11.9. The Morgan fingerprint density at radius 1 is 1.50 bits per heavy atom. The van der Waals surface area contributed by atoms with Gasteiger partial charge in [0, 0.05) is 12.6 Å². The lowest BCUT2D eigenvalue weighted by molar-refractivity contribution is -0.384. The predicted molar refractivity (Wildman–Crippen MR) is 61.6 cm³/mol. The van der Waals surface area contributed by atoms with Crippen LogP contribution < -0.4 is 5.32 Å². The van der Waals surface area contributed by atoms with Crippen LogP contribution in [0.25, 0.3) is 0 Å². The maximum Gasteiger partial charge on any atom is 0.335 e. The highest BCUT2D eigenvalue weighted by atomic mass is 16.6. The van der Waals surface area contributed by atoms with E-state index >= 15 is 0 Å². The maximum absolute atomic E-state index is 10.8. The number of carbonyl (C=O) groups is 1. The van der Waals surface area contributed by atoms with Crippen molar-refractivity contribution in [2.45, 2.75) is 6.10 Å². The summed E-state index contributed by atoms with van der Waals surface area (Å²) in [4.78, 5) is 20.7. The number of anilines is 1. The molecule has 0 saturated heterocycles. The first-order valence-corrected chi connectivity index (χ1v) is 5.00. The quantitative estimate of drug-likeness (QED) is 0.417. The van der Waals surface area contributed by atoms with Crippen molar-refractivity contribution >= 4 is 17.3 Å². The number of hydrogen-bond donors (Lipinski definition) is 4. The highest BCUT2D eigenvalue weighted by Gasteiger charge is 2.17. The average molecular weight is 256 g/mol. The highest BCUT2D eigenvalue weighted by Crippen LogP contribution is 2.25. The van der Waals surface area contributed by atoms with Gasteiger partial charge in [-0.3, -0.25) is 10.1 Å². The zero-order valence-corrected chi connectivity index (χ0v) is 9.24. The molecule has 0 aliphatic heterocycles. The van der Waals surface area contributed by atoms with Gasteiger partial charge in [-0.25, -0.2) is 4.79 Å². The van der Waals surface area contributed by atoms with Crippen LogP contribution in [0.3, 0.4) is 0 Å². The number of aliphatic hydroxyl groups excluding tert-OH is 2. The summed E-state index contributed by atoms with van der Waals surface area (Å²) in [5.74, 6) is -1.26.